The first-order valence-corrected chi connectivity index (χ1v) is 8.95. The lowest BCUT2D eigenvalue weighted by Crippen LogP contribution is -2.26. The van der Waals surface area contributed by atoms with Gasteiger partial charge in [-0.05, 0) is 30.5 Å². The van der Waals surface area contributed by atoms with Gasteiger partial charge in [0.05, 0.1) is 5.75 Å². The second kappa shape index (κ2) is 7.72. The number of sulfonamides is 1. The Balaban J connectivity index is 1.83. The van der Waals surface area contributed by atoms with Crippen molar-refractivity contribution in [2.45, 2.75) is 18.6 Å². The summed E-state index contributed by atoms with van der Waals surface area (Å²) in [5.74, 6) is -0.866. The van der Waals surface area contributed by atoms with Crippen LogP contribution >= 0.6 is 11.6 Å². The number of rotatable bonds is 7. The van der Waals surface area contributed by atoms with Crippen molar-refractivity contribution in [3.05, 3.63) is 70.5 Å². The summed E-state index contributed by atoms with van der Waals surface area (Å²) in [4.78, 5) is 0. The van der Waals surface area contributed by atoms with E-state index in [0.29, 0.717) is 24.4 Å². The van der Waals surface area contributed by atoms with Crippen LogP contribution in [0.4, 0.5) is 4.39 Å². The van der Waals surface area contributed by atoms with Gasteiger partial charge in [-0.1, -0.05) is 48.0 Å². The van der Waals surface area contributed by atoms with Crippen molar-refractivity contribution in [3.8, 4) is 0 Å². The summed E-state index contributed by atoms with van der Waals surface area (Å²) in [6, 6.07) is 13.3. The fourth-order valence-electron chi connectivity index (χ4n) is 2.08. The zero-order valence-electron chi connectivity index (χ0n) is 11.9. The first kappa shape index (κ1) is 16.9. The lowest BCUT2D eigenvalue weighted by atomic mass is 10.1. The van der Waals surface area contributed by atoms with Gasteiger partial charge in [0.25, 0.3) is 0 Å². The minimum Gasteiger partial charge on any atom is -0.215 e. The summed E-state index contributed by atoms with van der Waals surface area (Å²) in [6.07, 6.45) is 1.31. The fourth-order valence-corrected chi connectivity index (χ4v) is 3.51. The molecular weight excluding hydrogens is 325 g/mol. The van der Waals surface area contributed by atoms with E-state index in [-0.39, 0.29) is 11.3 Å². The maximum atomic E-state index is 13.5. The number of nitrogens with one attached hydrogen (secondary N) is 1. The first-order chi connectivity index (χ1) is 10.5. The molecule has 0 aliphatic rings. The van der Waals surface area contributed by atoms with Crippen LogP contribution in [0, 0.1) is 5.82 Å². The number of benzene rings is 2. The first-order valence-electron chi connectivity index (χ1n) is 6.92. The van der Waals surface area contributed by atoms with Crippen LogP contribution in [0.1, 0.15) is 17.5 Å². The molecule has 2 aromatic carbocycles. The molecule has 3 nitrogen and oxygen atoms in total. The van der Waals surface area contributed by atoms with Crippen LogP contribution < -0.4 is 4.72 Å². The van der Waals surface area contributed by atoms with Crippen LogP contribution in [-0.2, 0) is 22.2 Å². The molecule has 2 aromatic rings. The quantitative estimate of drug-likeness (QED) is 0.783. The summed E-state index contributed by atoms with van der Waals surface area (Å²) in [5, 5.41) is 0.678. The minimum atomic E-state index is -3.54. The third kappa shape index (κ3) is 5.09. The number of halogens is 2. The van der Waals surface area contributed by atoms with Gasteiger partial charge in [0, 0.05) is 17.1 Å². The highest BCUT2D eigenvalue weighted by molar-refractivity contribution is 7.88. The maximum Gasteiger partial charge on any atom is 0.215 e. The normalized spacial score (nSPS) is 11.5. The number of aryl methyl sites for hydroxylation is 1. The fraction of sp³-hybridized carbons (Fsp3) is 0.250. The Morgan fingerprint density at radius 1 is 1.00 bits per heavy atom. The summed E-state index contributed by atoms with van der Waals surface area (Å²) in [6.45, 7) is 0.294. The van der Waals surface area contributed by atoms with Gasteiger partial charge in [0.1, 0.15) is 5.82 Å². The molecule has 0 saturated carbocycles. The summed E-state index contributed by atoms with van der Waals surface area (Å²) >= 11 is 6.04. The van der Waals surface area contributed by atoms with Gasteiger partial charge < -0.3 is 0 Å². The van der Waals surface area contributed by atoms with E-state index in [9.17, 15) is 12.8 Å². The topological polar surface area (TPSA) is 46.2 Å². The molecule has 118 valence electrons. The van der Waals surface area contributed by atoms with Crippen molar-refractivity contribution in [2.24, 2.45) is 0 Å². The third-order valence-electron chi connectivity index (χ3n) is 3.21. The molecule has 0 heterocycles. The van der Waals surface area contributed by atoms with Crippen molar-refractivity contribution in [1.29, 1.82) is 0 Å². The Hall–Kier alpha value is -1.43. The average molecular weight is 342 g/mol. The van der Waals surface area contributed by atoms with Crippen molar-refractivity contribution in [2.75, 3.05) is 6.54 Å². The van der Waals surface area contributed by atoms with Gasteiger partial charge in [0.2, 0.25) is 10.0 Å². The minimum absolute atomic E-state index is 0.168. The molecule has 0 aliphatic heterocycles. The van der Waals surface area contributed by atoms with E-state index in [0.717, 1.165) is 5.56 Å². The molecule has 0 saturated heterocycles. The predicted octanol–water partition coefficient (Wildman–Crippen LogP) is 3.53. The van der Waals surface area contributed by atoms with Crippen molar-refractivity contribution in [1.82, 2.24) is 4.72 Å². The van der Waals surface area contributed by atoms with Crippen LogP contribution in [0.2, 0.25) is 5.02 Å². The Kier molecular flexibility index (Phi) is 5.94. The zero-order valence-corrected chi connectivity index (χ0v) is 13.5. The van der Waals surface area contributed by atoms with Crippen LogP contribution in [-0.4, -0.2) is 15.0 Å². The van der Waals surface area contributed by atoms with E-state index in [1.807, 2.05) is 18.2 Å². The van der Waals surface area contributed by atoms with E-state index in [2.05, 4.69) is 4.72 Å². The van der Waals surface area contributed by atoms with E-state index >= 15 is 0 Å². The van der Waals surface area contributed by atoms with Gasteiger partial charge in [-0.15, -0.1) is 0 Å². The van der Waals surface area contributed by atoms with Crippen molar-refractivity contribution < 1.29 is 12.8 Å². The molecule has 0 unspecified atom stereocenters. The highest BCUT2D eigenvalue weighted by atomic mass is 35.5. The molecule has 0 atom stereocenters. The number of hydrogen-bond donors (Lipinski definition) is 1. The lowest BCUT2D eigenvalue weighted by Gasteiger charge is -2.08. The van der Waals surface area contributed by atoms with Gasteiger partial charge in [-0.3, -0.25) is 0 Å². The monoisotopic (exact) mass is 341 g/mol. The predicted molar refractivity (Wildman–Crippen MR) is 86.8 cm³/mol. The SMILES string of the molecule is O=S(=O)(Cc1ccccc1F)NCCCc1ccccc1Cl. The van der Waals surface area contributed by atoms with E-state index in [1.54, 1.807) is 12.1 Å². The maximum absolute atomic E-state index is 13.5. The average Bonchev–Trinajstić information content (AvgIpc) is 2.47. The molecule has 0 radical (unpaired) electrons. The second-order valence-corrected chi connectivity index (χ2v) is 7.15. The lowest BCUT2D eigenvalue weighted by molar-refractivity contribution is 0.572. The molecule has 0 aliphatic carbocycles. The van der Waals surface area contributed by atoms with Gasteiger partial charge in [0.15, 0.2) is 0 Å². The molecular formula is C16H17ClFNO2S. The summed E-state index contributed by atoms with van der Waals surface area (Å²) in [5.41, 5.74) is 1.15. The second-order valence-electron chi connectivity index (χ2n) is 4.94. The molecule has 0 amide bonds. The standard InChI is InChI=1S/C16H17ClFNO2S/c17-15-9-3-1-6-13(15)8-5-11-19-22(20,21)12-14-7-2-4-10-16(14)18/h1-4,6-7,9-10,19H,5,8,11-12H2. The van der Waals surface area contributed by atoms with Gasteiger partial charge >= 0.3 is 0 Å². The molecule has 0 spiro atoms. The van der Waals surface area contributed by atoms with Crippen molar-refractivity contribution in [3.63, 3.8) is 0 Å². The van der Waals surface area contributed by atoms with Gasteiger partial charge in [-0.25, -0.2) is 17.5 Å². The van der Waals surface area contributed by atoms with Crippen LogP contribution in [0.3, 0.4) is 0 Å². The van der Waals surface area contributed by atoms with Crippen molar-refractivity contribution >= 4 is 21.6 Å². The largest absolute Gasteiger partial charge is 0.215 e. The zero-order chi connectivity index (χ0) is 16.0. The Labute approximate surface area is 135 Å². The summed E-state index contributed by atoms with van der Waals surface area (Å²) in [7, 11) is -3.54. The van der Waals surface area contributed by atoms with E-state index in [4.69, 9.17) is 11.6 Å². The van der Waals surface area contributed by atoms with Crippen LogP contribution in [0.15, 0.2) is 48.5 Å². The molecule has 0 fully saturated rings. The highest BCUT2D eigenvalue weighted by Gasteiger charge is 2.13. The van der Waals surface area contributed by atoms with Crippen LogP contribution in [0.5, 0.6) is 0 Å². The highest BCUT2D eigenvalue weighted by Crippen LogP contribution is 2.16. The Morgan fingerprint density at radius 2 is 1.64 bits per heavy atom. The molecule has 0 aromatic heterocycles. The smallest absolute Gasteiger partial charge is 0.215 e. The third-order valence-corrected chi connectivity index (χ3v) is 4.91. The molecule has 22 heavy (non-hydrogen) atoms. The molecule has 2 rings (SSSR count). The van der Waals surface area contributed by atoms with Gasteiger partial charge in [-0.2, -0.15) is 0 Å². The van der Waals surface area contributed by atoms with Crippen LogP contribution in [0.25, 0.3) is 0 Å². The Morgan fingerprint density at radius 3 is 2.32 bits per heavy atom. The number of hydrogen-bond acceptors (Lipinski definition) is 2. The van der Waals surface area contributed by atoms with E-state index in [1.165, 1.54) is 18.2 Å². The molecule has 6 heteroatoms. The molecule has 1 N–H and O–H groups in total. The summed E-state index contributed by atoms with van der Waals surface area (Å²) < 4.78 is 39.8. The van der Waals surface area contributed by atoms with E-state index < -0.39 is 15.8 Å². The molecule has 0 bridgehead atoms. The Bertz CT molecular complexity index is 734.